The van der Waals surface area contributed by atoms with Crippen molar-refractivity contribution in [2.24, 2.45) is 5.92 Å². The number of benzene rings is 1. The number of piperazine rings is 1. The van der Waals surface area contributed by atoms with E-state index in [1.165, 1.54) is 10.4 Å². The van der Waals surface area contributed by atoms with Crippen molar-refractivity contribution in [1.29, 1.82) is 0 Å². The van der Waals surface area contributed by atoms with E-state index in [-0.39, 0.29) is 29.9 Å². The Bertz CT molecular complexity index is 686. The van der Waals surface area contributed by atoms with Gasteiger partial charge in [0.2, 0.25) is 15.9 Å². The van der Waals surface area contributed by atoms with Crippen molar-refractivity contribution >= 4 is 21.6 Å². The molecule has 2 rings (SSSR count). The molecule has 0 spiro atoms. The summed E-state index contributed by atoms with van der Waals surface area (Å²) in [6.45, 7) is 5.51. The molecular formula is C17H26FN3O3S. The van der Waals surface area contributed by atoms with E-state index in [1.807, 2.05) is 18.7 Å². The highest BCUT2D eigenvalue weighted by Gasteiger charge is 2.27. The first kappa shape index (κ1) is 19.7. The molecule has 140 valence electrons. The van der Waals surface area contributed by atoms with Gasteiger partial charge in [-0.15, -0.1) is 0 Å². The summed E-state index contributed by atoms with van der Waals surface area (Å²) in [6.07, 6.45) is 0.390. The van der Waals surface area contributed by atoms with E-state index in [2.05, 4.69) is 5.32 Å². The van der Waals surface area contributed by atoms with Crippen LogP contribution in [0.15, 0.2) is 24.3 Å². The largest absolute Gasteiger partial charge is 0.367 e. The van der Waals surface area contributed by atoms with Crippen molar-refractivity contribution in [3.8, 4) is 0 Å². The summed E-state index contributed by atoms with van der Waals surface area (Å²) in [7, 11) is -3.43. The van der Waals surface area contributed by atoms with Crippen LogP contribution in [0.1, 0.15) is 20.3 Å². The lowest BCUT2D eigenvalue weighted by molar-refractivity contribution is -0.121. The maximum Gasteiger partial charge on any atom is 0.220 e. The number of para-hydroxylation sites is 1. The molecule has 0 aromatic heterocycles. The minimum atomic E-state index is -3.43. The Morgan fingerprint density at radius 2 is 1.84 bits per heavy atom. The monoisotopic (exact) mass is 371 g/mol. The van der Waals surface area contributed by atoms with Crippen LogP contribution in [0, 0.1) is 11.7 Å². The van der Waals surface area contributed by atoms with Gasteiger partial charge in [0, 0.05) is 39.1 Å². The summed E-state index contributed by atoms with van der Waals surface area (Å²) in [5.41, 5.74) is 0.500. The highest BCUT2D eigenvalue weighted by atomic mass is 32.2. The van der Waals surface area contributed by atoms with Crippen molar-refractivity contribution in [2.45, 2.75) is 20.3 Å². The summed E-state index contributed by atoms with van der Waals surface area (Å²) >= 11 is 0. The number of amides is 1. The van der Waals surface area contributed by atoms with Gasteiger partial charge in [-0.3, -0.25) is 4.79 Å². The van der Waals surface area contributed by atoms with E-state index < -0.39 is 10.0 Å². The first-order chi connectivity index (χ1) is 11.8. The number of carbonyl (C=O) groups excluding carboxylic acids is 1. The number of carbonyl (C=O) groups is 1. The zero-order valence-electron chi connectivity index (χ0n) is 14.7. The van der Waals surface area contributed by atoms with Crippen molar-refractivity contribution in [1.82, 2.24) is 9.62 Å². The number of halogens is 1. The Morgan fingerprint density at radius 3 is 2.44 bits per heavy atom. The summed E-state index contributed by atoms with van der Waals surface area (Å²) in [4.78, 5) is 13.4. The zero-order chi connectivity index (χ0) is 18.4. The fourth-order valence-corrected chi connectivity index (χ4v) is 4.14. The number of hydrogen-bond acceptors (Lipinski definition) is 4. The smallest absolute Gasteiger partial charge is 0.220 e. The van der Waals surface area contributed by atoms with E-state index in [1.54, 1.807) is 18.2 Å². The van der Waals surface area contributed by atoms with Gasteiger partial charge in [0.1, 0.15) is 5.82 Å². The molecule has 25 heavy (non-hydrogen) atoms. The van der Waals surface area contributed by atoms with Gasteiger partial charge >= 0.3 is 0 Å². The zero-order valence-corrected chi connectivity index (χ0v) is 15.6. The van der Waals surface area contributed by atoms with Gasteiger partial charge in [-0.25, -0.2) is 12.8 Å². The van der Waals surface area contributed by atoms with E-state index >= 15 is 0 Å². The SMILES string of the molecule is CC(C)CC(=O)NCCS(=O)(=O)N1CCN(c2ccccc2F)CC1. The molecule has 0 unspecified atom stereocenters. The van der Waals surface area contributed by atoms with Crippen LogP contribution in [0.2, 0.25) is 0 Å². The number of nitrogens with one attached hydrogen (secondary N) is 1. The number of hydrogen-bond donors (Lipinski definition) is 1. The third-order valence-corrected chi connectivity index (χ3v) is 5.97. The van der Waals surface area contributed by atoms with Gasteiger partial charge in [-0.05, 0) is 18.1 Å². The summed E-state index contributed by atoms with van der Waals surface area (Å²) in [6, 6.07) is 6.50. The molecule has 0 atom stereocenters. The Morgan fingerprint density at radius 1 is 1.20 bits per heavy atom. The molecule has 0 bridgehead atoms. The molecule has 1 aliphatic rings. The first-order valence-electron chi connectivity index (χ1n) is 8.53. The summed E-state index contributed by atoms with van der Waals surface area (Å²) < 4.78 is 40.0. The van der Waals surface area contributed by atoms with Crippen LogP contribution in [0.4, 0.5) is 10.1 Å². The van der Waals surface area contributed by atoms with Crippen molar-refractivity contribution < 1.29 is 17.6 Å². The maximum atomic E-state index is 13.8. The normalized spacial score (nSPS) is 16.2. The standard InChI is InChI=1S/C17H26FN3O3S/c1-14(2)13-17(22)19-7-12-25(23,24)21-10-8-20(9-11-21)16-6-4-3-5-15(16)18/h3-6,14H,7-13H2,1-2H3,(H,19,22). The minimum absolute atomic E-state index is 0.113. The fraction of sp³-hybridized carbons (Fsp3) is 0.588. The number of nitrogens with zero attached hydrogens (tertiary/aromatic N) is 2. The topological polar surface area (TPSA) is 69.7 Å². The molecule has 1 aliphatic heterocycles. The Balaban J connectivity index is 1.83. The molecule has 1 heterocycles. The van der Waals surface area contributed by atoms with Crippen LogP contribution in [-0.4, -0.2) is 57.1 Å². The number of anilines is 1. The average Bonchev–Trinajstić information content (AvgIpc) is 2.54. The summed E-state index contributed by atoms with van der Waals surface area (Å²) in [5, 5.41) is 2.65. The third kappa shape index (κ3) is 5.67. The predicted octanol–water partition coefficient (Wildman–Crippen LogP) is 1.44. The average molecular weight is 371 g/mol. The second kappa shape index (κ2) is 8.62. The lowest BCUT2D eigenvalue weighted by Crippen LogP contribution is -2.50. The number of rotatable bonds is 7. The lowest BCUT2D eigenvalue weighted by atomic mass is 10.1. The van der Waals surface area contributed by atoms with E-state index in [0.717, 1.165) is 0 Å². The lowest BCUT2D eigenvalue weighted by Gasteiger charge is -2.35. The molecule has 1 N–H and O–H groups in total. The van der Waals surface area contributed by atoms with E-state index in [9.17, 15) is 17.6 Å². The van der Waals surface area contributed by atoms with Crippen LogP contribution in [0.3, 0.4) is 0 Å². The highest BCUT2D eigenvalue weighted by molar-refractivity contribution is 7.89. The molecular weight excluding hydrogens is 345 g/mol. The number of sulfonamides is 1. The quantitative estimate of drug-likeness (QED) is 0.787. The molecule has 8 heteroatoms. The first-order valence-corrected chi connectivity index (χ1v) is 10.1. The van der Waals surface area contributed by atoms with E-state index in [4.69, 9.17) is 0 Å². The Labute approximate surface area is 149 Å². The molecule has 1 aromatic rings. The molecule has 0 aliphatic carbocycles. The van der Waals surface area contributed by atoms with Gasteiger partial charge in [-0.1, -0.05) is 26.0 Å². The minimum Gasteiger partial charge on any atom is -0.367 e. The highest BCUT2D eigenvalue weighted by Crippen LogP contribution is 2.21. The molecule has 1 aromatic carbocycles. The van der Waals surface area contributed by atoms with Gasteiger partial charge in [-0.2, -0.15) is 4.31 Å². The van der Waals surface area contributed by atoms with E-state index in [0.29, 0.717) is 38.3 Å². The molecule has 1 fully saturated rings. The van der Waals surface area contributed by atoms with Crippen LogP contribution in [-0.2, 0) is 14.8 Å². The van der Waals surface area contributed by atoms with Crippen LogP contribution < -0.4 is 10.2 Å². The molecule has 0 saturated carbocycles. The maximum absolute atomic E-state index is 13.8. The van der Waals surface area contributed by atoms with Crippen molar-refractivity contribution in [2.75, 3.05) is 43.4 Å². The van der Waals surface area contributed by atoms with Gasteiger partial charge in [0.05, 0.1) is 11.4 Å². The molecule has 0 radical (unpaired) electrons. The summed E-state index contributed by atoms with van der Waals surface area (Å²) in [5.74, 6) is -0.305. The van der Waals surface area contributed by atoms with Gasteiger partial charge < -0.3 is 10.2 Å². The molecule has 6 nitrogen and oxygen atoms in total. The van der Waals surface area contributed by atoms with Crippen LogP contribution in [0.5, 0.6) is 0 Å². The van der Waals surface area contributed by atoms with Gasteiger partial charge in [0.25, 0.3) is 0 Å². The fourth-order valence-electron chi connectivity index (χ4n) is 2.81. The van der Waals surface area contributed by atoms with Gasteiger partial charge in [0.15, 0.2) is 0 Å². The van der Waals surface area contributed by atoms with Crippen molar-refractivity contribution in [3.63, 3.8) is 0 Å². The Hall–Kier alpha value is -1.67. The van der Waals surface area contributed by atoms with Crippen LogP contribution in [0.25, 0.3) is 0 Å². The van der Waals surface area contributed by atoms with Crippen LogP contribution >= 0.6 is 0 Å². The second-order valence-electron chi connectivity index (χ2n) is 6.60. The Kier molecular flexibility index (Phi) is 6.78. The second-order valence-corrected chi connectivity index (χ2v) is 8.69. The molecule has 1 amide bonds. The molecule has 1 saturated heterocycles. The van der Waals surface area contributed by atoms with Crippen molar-refractivity contribution in [3.05, 3.63) is 30.1 Å². The predicted molar refractivity (Wildman–Crippen MR) is 96.4 cm³/mol. The third-order valence-electron chi connectivity index (χ3n) is 4.10.